The van der Waals surface area contributed by atoms with Crippen LogP contribution in [0, 0.1) is 5.92 Å². The molecule has 1 aromatic heterocycles. The van der Waals surface area contributed by atoms with Gasteiger partial charge in [-0.3, -0.25) is 9.69 Å². The van der Waals surface area contributed by atoms with Gasteiger partial charge in [-0.05, 0) is 62.0 Å². The number of fused-ring (bicyclic) bond motifs is 1. The fourth-order valence-electron chi connectivity index (χ4n) is 4.80. The molecule has 1 aliphatic heterocycles. The number of amides is 1. The van der Waals surface area contributed by atoms with Crippen LogP contribution in [-0.4, -0.2) is 42.0 Å². The molecule has 164 valence electrons. The second kappa shape index (κ2) is 9.56. The number of carbonyl (C=O) groups excluding carboxylic acids is 1. The molecule has 31 heavy (non-hydrogen) atoms. The van der Waals surface area contributed by atoms with Crippen molar-refractivity contribution in [2.24, 2.45) is 11.7 Å². The minimum atomic E-state index is -0.375. The van der Waals surface area contributed by atoms with Crippen molar-refractivity contribution in [2.75, 3.05) is 31.1 Å². The van der Waals surface area contributed by atoms with Crippen LogP contribution < -0.4 is 10.6 Å². The number of primary amides is 1. The molecule has 0 unspecified atom stereocenters. The van der Waals surface area contributed by atoms with Crippen LogP contribution in [0.25, 0.3) is 10.9 Å². The van der Waals surface area contributed by atoms with Gasteiger partial charge in [0.05, 0.1) is 0 Å². The third-order valence-electron chi connectivity index (χ3n) is 6.74. The minimum absolute atomic E-state index is 0.375. The van der Waals surface area contributed by atoms with E-state index in [9.17, 15) is 4.79 Å². The monoisotopic (exact) mass is 418 g/mol. The molecule has 4 rings (SSSR count). The number of nitrogens with two attached hydrogens (primary N) is 1. The van der Waals surface area contributed by atoms with Gasteiger partial charge in [0.25, 0.3) is 0 Å². The van der Waals surface area contributed by atoms with Gasteiger partial charge in [-0.15, -0.1) is 0 Å². The van der Waals surface area contributed by atoms with E-state index in [1.54, 1.807) is 0 Å². The lowest BCUT2D eigenvalue weighted by Crippen LogP contribution is -2.35. The van der Waals surface area contributed by atoms with E-state index in [1.165, 1.54) is 29.8 Å². The molecule has 1 amide bonds. The number of nitrogens with one attached hydrogen (secondary N) is 1. The quantitative estimate of drug-likeness (QED) is 0.563. The minimum Gasteiger partial charge on any atom is -0.366 e. The first kappa shape index (κ1) is 21.4. The average Bonchev–Trinajstić information content (AvgIpc) is 3.16. The van der Waals surface area contributed by atoms with Crippen LogP contribution in [0.5, 0.6) is 0 Å². The number of rotatable bonds is 8. The molecular weight excluding hydrogens is 384 g/mol. The van der Waals surface area contributed by atoms with Gasteiger partial charge in [0.2, 0.25) is 5.91 Å². The van der Waals surface area contributed by atoms with Crippen molar-refractivity contribution in [3.8, 4) is 0 Å². The number of aromatic amines is 1. The van der Waals surface area contributed by atoms with Crippen molar-refractivity contribution < 1.29 is 4.79 Å². The van der Waals surface area contributed by atoms with Crippen molar-refractivity contribution in [3.05, 3.63) is 65.2 Å². The number of carbonyl (C=O) groups is 1. The first-order valence-electron chi connectivity index (χ1n) is 11.5. The van der Waals surface area contributed by atoms with Crippen LogP contribution in [-0.2, 0) is 13.0 Å². The molecule has 1 saturated heterocycles. The van der Waals surface area contributed by atoms with Crippen molar-refractivity contribution in [3.63, 3.8) is 0 Å². The molecule has 3 N–H and O–H groups in total. The van der Waals surface area contributed by atoms with Crippen LogP contribution in [0.1, 0.15) is 48.2 Å². The van der Waals surface area contributed by atoms with Crippen LogP contribution in [0.4, 0.5) is 5.82 Å². The maximum atomic E-state index is 11.8. The van der Waals surface area contributed by atoms with Crippen molar-refractivity contribution >= 4 is 22.6 Å². The third-order valence-corrected chi connectivity index (χ3v) is 6.74. The first-order valence-corrected chi connectivity index (χ1v) is 11.5. The molecule has 2 aromatic carbocycles. The summed E-state index contributed by atoms with van der Waals surface area (Å²) >= 11 is 0. The van der Waals surface area contributed by atoms with E-state index in [0.29, 0.717) is 5.56 Å². The van der Waals surface area contributed by atoms with Gasteiger partial charge in [-0.25, -0.2) is 0 Å². The first-order chi connectivity index (χ1) is 15.1. The lowest BCUT2D eigenvalue weighted by Gasteiger charge is -2.34. The number of H-pyrrole nitrogens is 1. The maximum absolute atomic E-state index is 11.8. The molecule has 0 bridgehead atoms. The Morgan fingerprint density at radius 2 is 1.81 bits per heavy atom. The number of hydrogen-bond acceptors (Lipinski definition) is 3. The van der Waals surface area contributed by atoms with E-state index in [2.05, 4.69) is 59.0 Å². The van der Waals surface area contributed by atoms with Crippen LogP contribution >= 0.6 is 0 Å². The molecule has 0 atom stereocenters. The van der Waals surface area contributed by atoms with Gasteiger partial charge >= 0.3 is 0 Å². The Bertz CT molecular complexity index is 1010. The van der Waals surface area contributed by atoms with Crippen LogP contribution in [0.2, 0.25) is 0 Å². The molecule has 1 fully saturated rings. The summed E-state index contributed by atoms with van der Waals surface area (Å²) in [6.07, 6.45) is 3.55. The van der Waals surface area contributed by atoms with E-state index in [-0.39, 0.29) is 5.91 Å². The van der Waals surface area contributed by atoms with Gasteiger partial charge in [0, 0.05) is 41.7 Å². The topological polar surface area (TPSA) is 65.4 Å². The number of nitrogens with zero attached hydrogens (tertiary/aromatic N) is 2. The zero-order valence-corrected chi connectivity index (χ0v) is 18.7. The highest BCUT2D eigenvalue weighted by atomic mass is 16.1. The van der Waals surface area contributed by atoms with Gasteiger partial charge in [-0.1, -0.05) is 44.2 Å². The number of piperidine rings is 1. The zero-order valence-electron chi connectivity index (χ0n) is 18.7. The summed E-state index contributed by atoms with van der Waals surface area (Å²) in [7, 11) is 0. The van der Waals surface area contributed by atoms with Gasteiger partial charge in [0.1, 0.15) is 5.82 Å². The van der Waals surface area contributed by atoms with Gasteiger partial charge < -0.3 is 15.6 Å². The molecule has 3 aromatic rings. The smallest absolute Gasteiger partial charge is 0.248 e. The Morgan fingerprint density at radius 1 is 1.10 bits per heavy atom. The normalized spacial score (nSPS) is 15.1. The molecule has 0 saturated carbocycles. The number of aromatic nitrogens is 1. The molecule has 1 aliphatic rings. The predicted molar refractivity (Wildman–Crippen MR) is 129 cm³/mol. The Hall–Kier alpha value is -2.79. The molecule has 0 spiro atoms. The lowest BCUT2D eigenvalue weighted by atomic mass is 9.90. The molecular formula is C26H34N4O. The van der Waals surface area contributed by atoms with Gasteiger partial charge in [-0.2, -0.15) is 0 Å². The second-order valence-electron chi connectivity index (χ2n) is 8.66. The number of benzene rings is 2. The Morgan fingerprint density at radius 3 is 2.45 bits per heavy atom. The summed E-state index contributed by atoms with van der Waals surface area (Å²) in [5, 5.41) is 1.12. The standard InChI is InChI=1S/C26H34N4O/c1-3-29(4-2)18-23-22-17-21(25(27)31)10-11-24(22)28-26(23)30-14-12-20(13-15-30)16-19-8-6-5-7-9-19/h5-11,17,20,28H,3-4,12-16,18H2,1-2H3,(H2,27,31). The van der Waals surface area contributed by atoms with E-state index >= 15 is 0 Å². The highest BCUT2D eigenvalue weighted by molar-refractivity contribution is 5.99. The summed E-state index contributed by atoms with van der Waals surface area (Å²) in [6.45, 7) is 9.36. The highest BCUT2D eigenvalue weighted by Gasteiger charge is 2.24. The molecule has 5 nitrogen and oxygen atoms in total. The summed E-state index contributed by atoms with van der Waals surface area (Å²) in [5.41, 5.74) is 9.93. The largest absolute Gasteiger partial charge is 0.366 e. The second-order valence-corrected chi connectivity index (χ2v) is 8.66. The Balaban J connectivity index is 1.58. The molecule has 0 radical (unpaired) electrons. The van der Waals surface area contributed by atoms with E-state index in [0.717, 1.165) is 56.0 Å². The Labute approximate surface area is 185 Å². The molecule has 2 heterocycles. The SMILES string of the molecule is CCN(CC)Cc1c(N2CCC(Cc3ccccc3)CC2)[nH]c2ccc(C(N)=O)cc12. The van der Waals surface area contributed by atoms with E-state index in [4.69, 9.17) is 5.73 Å². The fraction of sp³-hybridized carbons (Fsp3) is 0.423. The average molecular weight is 419 g/mol. The van der Waals surface area contributed by atoms with Crippen molar-refractivity contribution in [1.82, 2.24) is 9.88 Å². The molecule has 5 heteroatoms. The van der Waals surface area contributed by atoms with Crippen molar-refractivity contribution in [1.29, 1.82) is 0 Å². The summed E-state index contributed by atoms with van der Waals surface area (Å²) in [4.78, 5) is 20.4. The van der Waals surface area contributed by atoms with E-state index in [1.807, 2.05) is 18.2 Å². The highest BCUT2D eigenvalue weighted by Crippen LogP contribution is 2.34. The fourth-order valence-corrected chi connectivity index (χ4v) is 4.80. The van der Waals surface area contributed by atoms with Crippen LogP contribution in [0.15, 0.2) is 48.5 Å². The summed E-state index contributed by atoms with van der Waals surface area (Å²) in [5.74, 6) is 1.57. The van der Waals surface area contributed by atoms with E-state index < -0.39 is 0 Å². The van der Waals surface area contributed by atoms with Crippen LogP contribution in [0.3, 0.4) is 0 Å². The summed E-state index contributed by atoms with van der Waals surface area (Å²) in [6, 6.07) is 16.6. The summed E-state index contributed by atoms with van der Waals surface area (Å²) < 4.78 is 0. The number of hydrogen-bond donors (Lipinski definition) is 2. The zero-order chi connectivity index (χ0) is 21.8. The number of anilines is 1. The third kappa shape index (κ3) is 4.77. The van der Waals surface area contributed by atoms with Gasteiger partial charge in [0.15, 0.2) is 0 Å². The molecule has 0 aliphatic carbocycles. The van der Waals surface area contributed by atoms with Crippen molar-refractivity contribution in [2.45, 2.75) is 39.7 Å². The lowest BCUT2D eigenvalue weighted by molar-refractivity contribution is 0.100. The Kier molecular flexibility index (Phi) is 6.62. The predicted octanol–water partition coefficient (Wildman–Crippen LogP) is 4.57. The maximum Gasteiger partial charge on any atom is 0.248 e.